The van der Waals surface area contributed by atoms with E-state index in [0.29, 0.717) is 6.04 Å². The molecule has 94 valence electrons. The Hall–Kier alpha value is -0.510. The summed E-state index contributed by atoms with van der Waals surface area (Å²) in [6.45, 7) is 2.74. The van der Waals surface area contributed by atoms with Crippen molar-refractivity contribution in [2.24, 2.45) is 0 Å². The fraction of sp³-hybridized carbons (Fsp3) is 0.571. The lowest BCUT2D eigenvalue weighted by Crippen LogP contribution is -2.24. The Morgan fingerprint density at radius 3 is 3.12 bits per heavy atom. The molecule has 0 fully saturated rings. The molecule has 2 atom stereocenters. The fourth-order valence-corrected chi connectivity index (χ4v) is 3.29. The van der Waals surface area contributed by atoms with Gasteiger partial charge in [-0.15, -0.1) is 11.8 Å². The number of aliphatic hydroxyl groups excluding tert-OH is 1. The van der Waals surface area contributed by atoms with Crippen molar-refractivity contribution in [2.75, 3.05) is 12.3 Å². The monoisotopic (exact) mass is 251 g/mol. The summed E-state index contributed by atoms with van der Waals surface area (Å²) in [5, 5.41) is 12.9. The molecule has 0 unspecified atom stereocenters. The SMILES string of the molecule is C[C@H](O)CCN[C@@H]1CCCSc2ccccc21. The second-order valence-electron chi connectivity index (χ2n) is 4.67. The summed E-state index contributed by atoms with van der Waals surface area (Å²) >= 11 is 1.96. The number of hydrogen-bond donors (Lipinski definition) is 2. The van der Waals surface area contributed by atoms with Gasteiger partial charge < -0.3 is 10.4 Å². The lowest BCUT2D eigenvalue weighted by atomic mass is 10.0. The average molecular weight is 251 g/mol. The molecular formula is C14H21NOS. The number of rotatable bonds is 4. The van der Waals surface area contributed by atoms with Crippen molar-refractivity contribution in [1.82, 2.24) is 5.32 Å². The molecule has 1 aromatic rings. The number of hydrogen-bond acceptors (Lipinski definition) is 3. The van der Waals surface area contributed by atoms with Crippen molar-refractivity contribution in [1.29, 1.82) is 0 Å². The van der Waals surface area contributed by atoms with E-state index in [1.807, 2.05) is 18.7 Å². The van der Waals surface area contributed by atoms with Crippen LogP contribution in [0.2, 0.25) is 0 Å². The molecule has 2 nitrogen and oxygen atoms in total. The smallest absolute Gasteiger partial charge is 0.0524 e. The van der Waals surface area contributed by atoms with Gasteiger partial charge in [-0.25, -0.2) is 0 Å². The molecule has 0 spiro atoms. The third-order valence-electron chi connectivity index (χ3n) is 3.14. The van der Waals surface area contributed by atoms with Gasteiger partial charge in [-0.2, -0.15) is 0 Å². The molecule has 0 saturated carbocycles. The van der Waals surface area contributed by atoms with Crippen LogP contribution in [0, 0.1) is 0 Å². The summed E-state index contributed by atoms with van der Waals surface area (Å²) in [6, 6.07) is 9.14. The largest absolute Gasteiger partial charge is 0.393 e. The van der Waals surface area contributed by atoms with Gasteiger partial charge in [0, 0.05) is 10.9 Å². The highest BCUT2D eigenvalue weighted by Gasteiger charge is 2.17. The van der Waals surface area contributed by atoms with E-state index in [1.54, 1.807) is 0 Å². The normalized spacial score (nSPS) is 21.6. The van der Waals surface area contributed by atoms with E-state index >= 15 is 0 Å². The summed E-state index contributed by atoms with van der Waals surface area (Å²) in [4.78, 5) is 1.42. The Bertz CT molecular complexity index is 354. The Morgan fingerprint density at radius 1 is 1.47 bits per heavy atom. The zero-order valence-corrected chi connectivity index (χ0v) is 11.2. The van der Waals surface area contributed by atoms with E-state index in [1.165, 1.54) is 29.1 Å². The Morgan fingerprint density at radius 2 is 2.29 bits per heavy atom. The van der Waals surface area contributed by atoms with Crippen LogP contribution in [-0.2, 0) is 0 Å². The van der Waals surface area contributed by atoms with Crippen LogP contribution in [0.4, 0.5) is 0 Å². The maximum atomic E-state index is 9.29. The molecular weight excluding hydrogens is 230 g/mol. The number of aliphatic hydroxyl groups is 1. The Labute approximate surface area is 108 Å². The zero-order valence-electron chi connectivity index (χ0n) is 10.4. The minimum absolute atomic E-state index is 0.210. The van der Waals surface area contributed by atoms with Crippen molar-refractivity contribution in [3.05, 3.63) is 29.8 Å². The van der Waals surface area contributed by atoms with Gasteiger partial charge in [0.1, 0.15) is 0 Å². The van der Waals surface area contributed by atoms with E-state index < -0.39 is 0 Å². The molecule has 0 aromatic heterocycles. The maximum Gasteiger partial charge on any atom is 0.0524 e. The molecule has 2 rings (SSSR count). The predicted molar refractivity (Wildman–Crippen MR) is 73.4 cm³/mol. The molecule has 0 aliphatic carbocycles. The van der Waals surface area contributed by atoms with Gasteiger partial charge in [0.25, 0.3) is 0 Å². The molecule has 1 aliphatic rings. The van der Waals surface area contributed by atoms with Gasteiger partial charge in [0.05, 0.1) is 6.10 Å². The van der Waals surface area contributed by atoms with Gasteiger partial charge in [0.2, 0.25) is 0 Å². The standard InChI is InChI=1S/C14H21NOS/c1-11(16)8-9-15-13-6-4-10-17-14-7-3-2-5-12(13)14/h2-3,5,7,11,13,15-16H,4,6,8-10H2,1H3/t11-,13+/m0/s1. The Balaban J connectivity index is 2.01. The minimum Gasteiger partial charge on any atom is -0.393 e. The van der Waals surface area contributed by atoms with E-state index in [-0.39, 0.29) is 6.10 Å². The predicted octanol–water partition coefficient (Wildman–Crippen LogP) is 2.97. The summed E-state index contributed by atoms with van der Waals surface area (Å²) in [7, 11) is 0. The molecule has 0 saturated heterocycles. The average Bonchev–Trinajstić information content (AvgIpc) is 2.52. The van der Waals surface area contributed by atoms with E-state index in [2.05, 4.69) is 29.6 Å². The summed E-state index contributed by atoms with van der Waals surface area (Å²) in [6.07, 6.45) is 3.07. The lowest BCUT2D eigenvalue weighted by molar-refractivity contribution is 0.182. The van der Waals surface area contributed by atoms with Crippen molar-refractivity contribution < 1.29 is 5.11 Å². The van der Waals surface area contributed by atoms with Crippen LogP contribution >= 0.6 is 11.8 Å². The number of thioether (sulfide) groups is 1. The Kier molecular flexibility index (Phi) is 4.89. The number of benzene rings is 1. The quantitative estimate of drug-likeness (QED) is 0.863. The summed E-state index contributed by atoms with van der Waals surface area (Å²) in [5.41, 5.74) is 1.43. The zero-order chi connectivity index (χ0) is 12.1. The number of nitrogens with one attached hydrogen (secondary N) is 1. The van der Waals surface area contributed by atoms with Gasteiger partial charge in [0.15, 0.2) is 0 Å². The number of fused-ring (bicyclic) bond motifs is 1. The van der Waals surface area contributed by atoms with Crippen LogP contribution in [0.15, 0.2) is 29.2 Å². The second-order valence-corrected chi connectivity index (χ2v) is 5.81. The second kappa shape index (κ2) is 6.43. The van der Waals surface area contributed by atoms with Gasteiger partial charge in [-0.3, -0.25) is 0 Å². The molecule has 0 radical (unpaired) electrons. The highest BCUT2D eigenvalue weighted by Crippen LogP contribution is 2.34. The van der Waals surface area contributed by atoms with E-state index in [4.69, 9.17) is 0 Å². The van der Waals surface area contributed by atoms with E-state index in [9.17, 15) is 5.11 Å². The third-order valence-corrected chi connectivity index (χ3v) is 4.32. The molecule has 1 aromatic carbocycles. The van der Waals surface area contributed by atoms with Crippen molar-refractivity contribution in [3.63, 3.8) is 0 Å². The highest BCUT2D eigenvalue weighted by molar-refractivity contribution is 7.99. The highest BCUT2D eigenvalue weighted by atomic mass is 32.2. The first-order valence-corrected chi connectivity index (χ1v) is 7.39. The van der Waals surface area contributed by atoms with E-state index in [0.717, 1.165) is 13.0 Å². The van der Waals surface area contributed by atoms with Crippen LogP contribution in [0.25, 0.3) is 0 Å². The topological polar surface area (TPSA) is 32.3 Å². The third kappa shape index (κ3) is 3.73. The molecule has 17 heavy (non-hydrogen) atoms. The first kappa shape index (κ1) is 12.9. The minimum atomic E-state index is -0.210. The molecule has 0 amide bonds. The van der Waals surface area contributed by atoms with Crippen LogP contribution < -0.4 is 5.32 Å². The molecule has 1 heterocycles. The van der Waals surface area contributed by atoms with Crippen molar-refractivity contribution in [2.45, 2.75) is 43.2 Å². The fourth-order valence-electron chi connectivity index (χ4n) is 2.20. The summed E-state index contributed by atoms with van der Waals surface area (Å²) < 4.78 is 0. The van der Waals surface area contributed by atoms with Crippen LogP contribution in [-0.4, -0.2) is 23.5 Å². The van der Waals surface area contributed by atoms with Gasteiger partial charge in [-0.05, 0) is 50.1 Å². The first-order chi connectivity index (χ1) is 8.27. The lowest BCUT2D eigenvalue weighted by Gasteiger charge is -2.19. The molecule has 1 aliphatic heterocycles. The van der Waals surface area contributed by atoms with Gasteiger partial charge in [-0.1, -0.05) is 18.2 Å². The van der Waals surface area contributed by atoms with Crippen molar-refractivity contribution in [3.8, 4) is 0 Å². The first-order valence-electron chi connectivity index (χ1n) is 6.40. The summed E-state index contributed by atoms with van der Waals surface area (Å²) in [5.74, 6) is 1.21. The molecule has 0 bridgehead atoms. The van der Waals surface area contributed by atoms with Crippen LogP contribution in [0.1, 0.15) is 37.8 Å². The maximum absolute atomic E-state index is 9.29. The molecule has 3 heteroatoms. The molecule has 2 N–H and O–H groups in total. The van der Waals surface area contributed by atoms with Crippen LogP contribution in [0.5, 0.6) is 0 Å². The van der Waals surface area contributed by atoms with Gasteiger partial charge >= 0.3 is 0 Å². The van der Waals surface area contributed by atoms with Crippen molar-refractivity contribution >= 4 is 11.8 Å². The van der Waals surface area contributed by atoms with Crippen LogP contribution in [0.3, 0.4) is 0 Å².